The summed E-state index contributed by atoms with van der Waals surface area (Å²) in [4.78, 5) is 0. The molecule has 0 aliphatic heterocycles. The van der Waals surface area contributed by atoms with Gasteiger partial charge in [0.2, 0.25) is 5.69 Å². The fraction of sp³-hybridized carbons (Fsp3) is 1.00. The third-order valence-corrected chi connectivity index (χ3v) is 18.5. The van der Waals surface area contributed by atoms with Crippen LogP contribution >= 0.6 is 54.7 Å². The normalized spacial score (nSPS) is 20.9. The molecule has 0 aromatic carbocycles. The summed E-state index contributed by atoms with van der Waals surface area (Å²) in [7, 11) is -4.88. The summed E-state index contributed by atoms with van der Waals surface area (Å²) in [5.41, 5.74) is -2.78. The molecule has 0 bridgehead atoms. The third-order valence-electron chi connectivity index (χ3n) is 6.01. The minimum Gasteiger partial charge on any atom is -0.319 e. The molecule has 0 fully saturated rings. The van der Waals surface area contributed by atoms with Crippen LogP contribution in [0.1, 0.15) is 123 Å². The molecule has 15 heteroatoms. The van der Waals surface area contributed by atoms with Crippen LogP contribution in [0.25, 0.3) is 0 Å². The van der Waals surface area contributed by atoms with E-state index in [4.69, 9.17) is 51.2 Å². The molecular weight excluding hydrogens is 713 g/mol. The maximum atomic E-state index is 15.2. The van der Waals surface area contributed by atoms with Crippen LogP contribution in [0, 0.1) is 23.7 Å². The zero-order valence-corrected chi connectivity index (χ0v) is 36.3. The molecule has 0 amide bonds. The first-order valence-corrected chi connectivity index (χ1v) is 26.4. The third kappa shape index (κ3) is 24.8. The molecule has 7 nitrogen and oxygen atoms in total. The zero-order valence-electron chi connectivity index (χ0n) is 30.3. The molecule has 7 unspecified atom stereocenters. The van der Waals surface area contributed by atoms with Crippen molar-refractivity contribution >= 4 is 66.5 Å². The molecule has 0 spiro atoms. The lowest BCUT2D eigenvalue weighted by molar-refractivity contribution is 0.120. The summed E-state index contributed by atoms with van der Waals surface area (Å²) in [6.45, 7) is 28.4. The van der Waals surface area contributed by atoms with Crippen molar-refractivity contribution < 1.29 is 35.9 Å². The smallest absolute Gasteiger partial charge is 0.319 e. The predicted octanol–water partition coefficient (Wildman–Crippen LogP) is 13.0. The van der Waals surface area contributed by atoms with Gasteiger partial charge in [-0.2, -0.15) is 9.05 Å². The Hall–Kier alpha value is 2.05. The average molecular weight is 778 g/mol. The van der Waals surface area contributed by atoms with E-state index in [0.717, 1.165) is 25.7 Å². The second kappa shape index (κ2) is 22.8. The fourth-order valence-corrected chi connectivity index (χ4v) is 17.3. The van der Waals surface area contributed by atoms with E-state index in [2.05, 4.69) is 55.4 Å². The van der Waals surface area contributed by atoms with Crippen LogP contribution in [0.15, 0.2) is 0 Å². The number of hydrogen-bond acceptors (Lipinski definition) is 11. The molecule has 0 aliphatic rings. The highest BCUT2D eigenvalue weighted by molar-refractivity contribution is 8.87. The van der Waals surface area contributed by atoms with Crippen molar-refractivity contribution in [2.45, 2.75) is 159 Å². The first-order chi connectivity index (χ1) is 20.4. The van der Waals surface area contributed by atoms with Crippen LogP contribution in [-0.4, -0.2) is 48.1 Å². The van der Waals surface area contributed by atoms with E-state index in [1.54, 1.807) is 13.8 Å². The van der Waals surface area contributed by atoms with Crippen LogP contribution in [0.3, 0.4) is 0 Å². The summed E-state index contributed by atoms with van der Waals surface area (Å²) in [5.74, 6) is 2.31. The minimum absolute atomic E-state index is 0.0613. The highest BCUT2D eigenvalue weighted by atomic mass is 33.1. The zero-order chi connectivity index (χ0) is 35.2. The van der Waals surface area contributed by atoms with Crippen LogP contribution < -0.4 is 0 Å². The monoisotopic (exact) mass is 777 g/mol. The van der Waals surface area contributed by atoms with Crippen molar-refractivity contribution in [2.75, 3.05) is 11.5 Å². The van der Waals surface area contributed by atoms with E-state index < -0.39 is 31.9 Å². The van der Waals surface area contributed by atoms with Crippen molar-refractivity contribution in [1.82, 2.24) is 0 Å². The van der Waals surface area contributed by atoms with Crippen molar-refractivity contribution in [2.24, 2.45) is 23.7 Å². The molecule has 0 saturated heterocycles. The molecule has 0 N–H and O–H groups in total. The Morgan fingerprint density at radius 3 is 1.29 bits per heavy atom. The quantitative estimate of drug-likeness (QED) is 0.0678. The molecule has 0 aromatic rings. The molecule has 0 aliphatic carbocycles. The number of hydrogen-bond donors (Lipinski definition) is 1. The van der Waals surface area contributed by atoms with Crippen LogP contribution in [0.5, 0.6) is 0 Å². The molecule has 7 atom stereocenters. The molecule has 0 saturated carbocycles. The van der Waals surface area contributed by atoms with Gasteiger partial charge in [-0.25, -0.2) is 4.57 Å². The lowest BCUT2D eigenvalue weighted by atomic mass is 10.1. The summed E-state index contributed by atoms with van der Waals surface area (Å²) >= 11 is 13.4. The standard InChI is InChI=1S/C30H65FO7P3S4/c1-21(2)15-25(9)35-40(42,36-26(10)16-22(3)4)44-19-29(13)33-39(31,32)34-30(14)20-45-41(43,37-27(11)17-23(5)6)38-28(12)18-24(7)8/h21-30,42H,15-20H2,1-14H3/q+1. The van der Waals surface area contributed by atoms with Crippen molar-refractivity contribution in [3.63, 3.8) is 0 Å². The first-order valence-electron chi connectivity index (χ1n) is 16.4. The molecule has 272 valence electrons. The van der Waals surface area contributed by atoms with E-state index in [1.807, 2.05) is 27.7 Å². The minimum atomic E-state index is -4.88. The second-order valence-corrected chi connectivity index (χ2v) is 28.1. The number of thiol groups is 1. The first kappa shape index (κ1) is 47.0. The number of rotatable bonds is 26. The van der Waals surface area contributed by atoms with Crippen molar-refractivity contribution in [3.05, 3.63) is 0 Å². The summed E-state index contributed by atoms with van der Waals surface area (Å²) in [6, 6.07) is 0. The Balaban J connectivity index is 5.32. The van der Waals surface area contributed by atoms with Gasteiger partial charge in [-0.05, 0) is 103 Å². The summed E-state index contributed by atoms with van der Waals surface area (Å²) < 4.78 is 63.9. The molecule has 45 heavy (non-hydrogen) atoms. The lowest BCUT2D eigenvalue weighted by Gasteiger charge is -2.30. The molecule has 0 heterocycles. The molecule has 0 aromatic heterocycles. The van der Waals surface area contributed by atoms with E-state index in [-0.39, 0.29) is 35.9 Å². The van der Waals surface area contributed by atoms with Crippen LogP contribution in [0.2, 0.25) is 0 Å². The molecule has 0 rings (SSSR count). The largest absolute Gasteiger partial charge is 0.513 e. The van der Waals surface area contributed by atoms with Gasteiger partial charge in [0.25, 0.3) is 0 Å². The lowest BCUT2D eigenvalue weighted by Crippen LogP contribution is -2.18. The van der Waals surface area contributed by atoms with Crippen molar-refractivity contribution in [3.8, 4) is 0 Å². The van der Waals surface area contributed by atoms with Crippen LogP contribution in [0.4, 0.5) is 4.20 Å². The van der Waals surface area contributed by atoms with Gasteiger partial charge in [0.15, 0.2) is 0 Å². The molecular formula is C30H65FO7P3S4+. The van der Waals surface area contributed by atoms with Gasteiger partial charge in [0.05, 0.1) is 53.8 Å². The van der Waals surface area contributed by atoms with Gasteiger partial charge in [0, 0.05) is 5.75 Å². The Bertz CT molecular complexity index is 864. The summed E-state index contributed by atoms with van der Waals surface area (Å²) in [5, 5.41) is 0. The predicted molar refractivity (Wildman–Crippen MR) is 205 cm³/mol. The van der Waals surface area contributed by atoms with Crippen LogP contribution in [-0.2, 0) is 43.5 Å². The topological polar surface area (TPSA) is 72.5 Å². The highest BCUT2D eigenvalue weighted by Gasteiger charge is 2.46. The van der Waals surface area contributed by atoms with Gasteiger partial charge in [-0.15, -0.1) is 4.20 Å². The summed E-state index contributed by atoms with van der Waals surface area (Å²) in [6.07, 6.45) is -1.06. The Morgan fingerprint density at radius 2 is 0.933 bits per heavy atom. The molecule has 0 radical (unpaired) electrons. The Morgan fingerprint density at radius 1 is 0.600 bits per heavy atom. The highest BCUT2D eigenvalue weighted by Crippen LogP contribution is 2.77. The van der Waals surface area contributed by atoms with Gasteiger partial charge in [-0.1, -0.05) is 66.8 Å². The van der Waals surface area contributed by atoms with E-state index >= 15 is 4.20 Å². The maximum Gasteiger partial charge on any atom is 0.513 e. The van der Waals surface area contributed by atoms with E-state index in [9.17, 15) is 4.57 Å². The fourth-order valence-electron chi connectivity index (χ4n) is 4.81. The Kier molecular flexibility index (Phi) is 23.8. The van der Waals surface area contributed by atoms with E-state index in [1.165, 1.54) is 22.8 Å². The van der Waals surface area contributed by atoms with Gasteiger partial charge in [0.1, 0.15) is 12.2 Å². The second-order valence-electron chi connectivity index (χ2n) is 14.0. The SMILES string of the molecule is CC(C)CC(C)OP(=S)(OC(C)CC(C)C)SCC(C)OP(=O)(F)OC(C)CS[P+](S)(OC(C)CC(C)C)OC(C)CC(C)C. The van der Waals surface area contributed by atoms with Gasteiger partial charge < -0.3 is 9.05 Å². The number of halogens is 1. The van der Waals surface area contributed by atoms with E-state index in [0.29, 0.717) is 23.7 Å². The maximum absolute atomic E-state index is 15.2. The Labute approximate surface area is 295 Å². The average Bonchev–Trinajstić information content (AvgIpc) is 2.78. The van der Waals surface area contributed by atoms with Gasteiger partial charge >= 0.3 is 14.0 Å². The van der Waals surface area contributed by atoms with Gasteiger partial charge in [-0.3, -0.25) is 9.05 Å². The van der Waals surface area contributed by atoms with Crippen molar-refractivity contribution in [1.29, 1.82) is 0 Å².